The average Bonchev–Trinajstić information content (AvgIpc) is 3.15. The summed E-state index contributed by atoms with van der Waals surface area (Å²) in [4.78, 5) is 29.9. The van der Waals surface area contributed by atoms with Crippen molar-refractivity contribution in [2.45, 2.75) is 24.5 Å². The first kappa shape index (κ1) is 22.2. The number of nitrogens with one attached hydrogen (secondary N) is 2. The van der Waals surface area contributed by atoms with Crippen LogP contribution in [0.5, 0.6) is 5.75 Å². The van der Waals surface area contributed by atoms with Gasteiger partial charge in [0.05, 0.1) is 31.4 Å². The Bertz CT molecular complexity index is 1130. The number of nitriles is 1. The number of benzene rings is 1. The Kier molecular flexibility index (Phi) is 6.22. The summed E-state index contributed by atoms with van der Waals surface area (Å²) in [5.74, 6) is -3.68. The molecule has 2 aliphatic heterocycles. The van der Waals surface area contributed by atoms with Gasteiger partial charge in [0, 0.05) is 29.9 Å². The van der Waals surface area contributed by atoms with Crippen molar-refractivity contribution in [2.75, 3.05) is 25.0 Å². The van der Waals surface area contributed by atoms with E-state index >= 15 is 0 Å². The normalized spacial score (nSPS) is 20.9. The summed E-state index contributed by atoms with van der Waals surface area (Å²) in [7, 11) is 0. The number of aromatic nitrogens is 1. The number of amides is 2. The van der Waals surface area contributed by atoms with Gasteiger partial charge in [0.25, 0.3) is 11.8 Å². The Morgan fingerprint density at radius 2 is 2.18 bits per heavy atom. The van der Waals surface area contributed by atoms with Crippen LogP contribution in [0.25, 0.3) is 6.08 Å². The molecule has 0 spiro atoms. The summed E-state index contributed by atoms with van der Waals surface area (Å²) in [5, 5.41) is 14.8. The summed E-state index contributed by atoms with van der Waals surface area (Å²) in [6.07, 6.45) is 5.48. The highest BCUT2D eigenvalue weighted by Gasteiger charge is 2.47. The third kappa shape index (κ3) is 5.09. The van der Waals surface area contributed by atoms with Gasteiger partial charge < -0.3 is 20.3 Å². The summed E-state index contributed by atoms with van der Waals surface area (Å²) in [6.45, 7) is -0.781. The van der Waals surface area contributed by atoms with Gasteiger partial charge in [-0.25, -0.2) is 8.78 Å². The molecule has 1 saturated heterocycles. The number of nitrogens with zero attached hydrogens (tertiary/aromatic N) is 3. The molecule has 170 valence electrons. The predicted octanol–water partition coefficient (Wildman–Crippen LogP) is 2.46. The van der Waals surface area contributed by atoms with Crippen molar-refractivity contribution in [1.29, 1.82) is 5.26 Å². The summed E-state index contributed by atoms with van der Waals surface area (Å²) >= 11 is 0. The molecule has 0 radical (unpaired) electrons. The van der Waals surface area contributed by atoms with Crippen LogP contribution in [0.3, 0.4) is 0 Å². The number of ether oxygens (including phenoxy) is 1. The molecule has 2 aliphatic rings. The molecule has 2 unspecified atom stereocenters. The standard InChI is InChI=1S/C23H21F2N5O3/c24-23(25)9-16(10-26)30(14-23)21(31)13-29-22(32)18-7-8-27-11-15(18)5-6-17-12-28-19-3-1-2-4-20(19)33-17/h1-8,11,16-17,28H,9,12-14H2,(H,29,32)/b6-5+. The third-order valence-electron chi connectivity index (χ3n) is 5.39. The fraction of sp³-hybridized carbons (Fsp3) is 0.304. The Hall–Kier alpha value is -4.00. The Morgan fingerprint density at radius 3 is 3.00 bits per heavy atom. The Morgan fingerprint density at radius 1 is 1.36 bits per heavy atom. The molecule has 2 aromatic rings. The lowest BCUT2D eigenvalue weighted by atomic mass is 10.1. The van der Waals surface area contributed by atoms with E-state index in [1.54, 1.807) is 18.2 Å². The van der Waals surface area contributed by atoms with E-state index in [2.05, 4.69) is 15.6 Å². The van der Waals surface area contributed by atoms with Gasteiger partial charge >= 0.3 is 0 Å². The Balaban J connectivity index is 1.39. The van der Waals surface area contributed by atoms with Gasteiger partial charge in [0.15, 0.2) is 0 Å². The van der Waals surface area contributed by atoms with Crippen LogP contribution in [0.4, 0.5) is 14.5 Å². The van der Waals surface area contributed by atoms with E-state index in [1.165, 1.54) is 18.5 Å². The molecular formula is C23H21F2N5O3. The zero-order valence-electron chi connectivity index (χ0n) is 17.5. The highest BCUT2D eigenvalue weighted by Crippen LogP contribution is 2.31. The molecular weight excluding hydrogens is 432 g/mol. The molecule has 2 N–H and O–H groups in total. The number of likely N-dealkylation sites (tertiary alicyclic amines) is 1. The molecule has 1 aromatic carbocycles. The second-order valence-electron chi connectivity index (χ2n) is 7.76. The number of hydrogen-bond donors (Lipinski definition) is 2. The molecule has 2 atom stereocenters. The van der Waals surface area contributed by atoms with Crippen LogP contribution in [0.2, 0.25) is 0 Å². The molecule has 10 heteroatoms. The first-order valence-corrected chi connectivity index (χ1v) is 10.3. The zero-order chi connectivity index (χ0) is 23.4. The second-order valence-corrected chi connectivity index (χ2v) is 7.76. The summed E-state index contributed by atoms with van der Waals surface area (Å²) in [6, 6.07) is 9.56. The van der Waals surface area contributed by atoms with Crippen LogP contribution >= 0.6 is 0 Å². The topological polar surface area (TPSA) is 107 Å². The summed E-state index contributed by atoms with van der Waals surface area (Å²) < 4.78 is 33.1. The number of para-hydroxylation sites is 2. The van der Waals surface area contributed by atoms with E-state index in [1.807, 2.05) is 24.3 Å². The first-order valence-electron chi connectivity index (χ1n) is 10.3. The van der Waals surface area contributed by atoms with E-state index in [0.29, 0.717) is 12.1 Å². The molecule has 8 nitrogen and oxygen atoms in total. The zero-order valence-corrected chi connectivity index (χ0v) is 17.5. The number of pyridine rings is 1. The highest BCUT2D eigenvalue weighted by molar-refractivity contribution is 5.99. The highest BCUT2D eigenvalue weighted by atomic mass is 19.3. The van der Waals surface area contributed by atoms with Crippen LogP contribution in [-0.4, -0.2) is 59.4 Å². The molecule has 1 aromatic heterocycles. The van der Waals surface area contributed by atoms with Gasteiger partial charge in [-0.3, -0.25) is 14.6 Å². The quantitative estimate of drug-likeness (QED) is 0.720. The van der Waals surface area contributed by atoms with Gasteiger partial charge in [0.1, 0.15) is 17.9 Å². The largest absolute Gasteiger partial charge is 0.482 e. The van der Waals surface area contributed by atoms with E-state index in [0.717, 1.165) is 16.3 Å². The minimum absolute atomic E-state index is 0.266. The fourth-order valence-electron chi connectivity index (χ4n) is 3.74. The van der Waals surface area contributed by atoms with Crippen molar-refractivity contribution in [2.24, 2.45) is 0 Å². The number of anilines is 1. The second kappa shape index (κ2) is 9.24. The van der Waals surface area contributed by atoms with E-state index in [9.17, 15) is 18.4 Å². The third-order valence-corrected chi connectivity index (χ3v) is 5.39. The van der Waals surface area contributed by atoms with Crippen molar-refractivity contribution < 1.29 is 23.1 Å². The van der Waals surface area contributed by atoms with Crippen molar-refractivity contribution in [1.82, 2.24) is 15.2 Å². The minimum Gasteiger partial charge on any atom is -0.482 e. The molecule has 4 rings (SSSR count). The number of carbonyl (C=O) groups is 2. The lowest BCUT2D eigenvalue weighted by Gasteiger charge is -2.25. The molecule has 3 heterocycles. The van der Waals surface area contributed by atoms with Crippen LogP contribution in [0.1, 0.15) is 22.3 Å². The summed E-state index contributed by atoms with van der Waals surface area (Å²) in [5.41, 5.74) is 1.68. The van der Waals surface area contributed by atoms with Gasteiger partial charge in [-0.1, -0.05) is 18.2 Å². The number of halogens is 2. The first-order chi connectivity index (χ1) is 15.9. The maximum atomic E-state index is 13.6. The van der Waals surface area contributed by atoms with Gasteiger partial charge in [-0.15, -0.1) is 0 Å². The number of fused-ring (bicyclic) bond motifs is 1. The van der Waals surface area contributed by atoms with Crippen molar-refractivity contribution >= 4 is 23.6 Å². The maximum absolute atomic E-state index is 13.6. The number of alkyl halides is 2. The van der Waals surface area contributed by atoms with Crippen molar-refractivity contribution in [3.63, 3.8) is 0 Å². The van der Waals surface area contributed by atoms with Crippen molar-refractivity contribution in [3.8, 4) is 11.8 Å². The lowest BCUT2D eigenvalue weighted by molar-refractivity contribution is -0.131. The lowest BCUT2D eigenvalue weighted by Crippen LogP contribution is -2.43. The number of carbonyl (C=O) groups excluding carboxylic acids is 2. The monoisotopic (exact) mass is 453 g/mol. The molecule has 0 saturated carbocycles. The van der Waals surface area contributed by atoms with Crippen LogP contribution in [-0.2, 0) is 4.79 Å². The van der Waals surface area contributed by atoms with Crippen molar-refractivity contribution in [3.05, 3.63) is 59.9 Å². The van der Waals surface area contributed by atoms with E-state index in [4.69, 9.17) is 10.00 Å². The minimum atomic E-state index is -3.11. The fourth-order valence-corrected chi connectivity index (χ4v) is 3.74. The maximum Gasteiger partial charge on any atom is 0.268 e. The van der Waals surface area contributed by atoms with Crippen LogP contribution in [0, 0.1) is 11.3 Å². The van der Waals surface area contributed by atoms with Crippen LogP contribution in [0.15, 0.2) is 48.8 Å². The molecule has 33 heavy (non-hydrogen) atoms. The number of rotatable bonds is 5. The average molecular weight is 453 g/mol. The predicted molar refractivity (Wildman–Crippen MR) is 116 cm³/mol. The van der Waals surface area contributed by atoms with E-state index in [-0.39, 0.29) is 11.7 Å². The molecule has 0 bridgehead atoms. The number of hydrogen-bond acceptors (Lipinski definition) is 6. The van der Waals surface area contributed by atoms with Gasteiger partial charge in [-0.05, 0) is 24.3 Å². The molecule has 2 amide bonds. The van der Waals surface area contributed by atoms with E-state index < -0.39 is 43.3 Å². The van der Waals surface area contributed by atoms with Crippen LogP contribution < -0.4 is 15.4 Å². The van der Waals surface area contributed by atoms with Gasteiger partial charge in [-0.2, -0.15) is 5.26 Å². The molecule has 1 fully saturated rings. The molecule has 0 aliphatic carbocycles. The van der Waals surface area contributed by atoms with Gasteiger partial charge in [0.2, 0.25) is 5.91 Å². The SMILES string of the molecule is N#CC1CC(F)(F)CN1C(=O)CNC(=O)c1ccncc1/C=C/C1CNc2ccccc2O1. The smallest absolute Gasteiger partial charge is 0.268 e. The Labute approximate surface area is 188 Å².